The van der Waals surface area contributed by atoms with Gasteiger partial charge in [0.2, 0.25) is 0 Å². The lowest BCUT2D eigenvalue weighted by Gasteiger charge is -2.13. The normalized spacial score (nSPS) is 11.0. The summed E-state index contributed by atoms with van der Waals surface area (Å²) in [6.07, 6.45) is 0.178. The maximum atomic E-state index is 11.0. The van der Waals surface area contributed by atoms with Gasteiger partial charge in [0.15, 0.2) is 0 Å². The number of nitro groups is 1. The van der Waals surface area contributed by atoms with Crippen molar-refractivity contribution in [3.05, 3.63) is 39.4 Å². The minimum Gasteiger partial charge on any atom is -0.458 e. The summed E-state index contributed by atoms with van der Waals surface area (Å²) in [6.45, 7) is 4.33. The van der Waals surface area contributed by atoms with Crippen LogP contribution < -0.4 is 0 Å². The number of nitrogens with zero attached hydrogens (tertiary/aromatic N) is 1. The van der Waals surface area contributed by atoms with E-state index in [0.29, 0.717) is 24.5 Å². The van der Waals surface area contributed by atoms with Gasteiger partial charge in [0, 0.05) is 19.4 Å². The Morgan fingerprint density at radius 2 is 1.96 bits per heavy atom. The average molecular weight is 337 g/mol. The molecule has 0 amide bonds. The largest absolute Gasteiger partial charge is 0.458 e. The van der Waals surface area contributed by atoms with Gasteiger partial charge in [-0.1, -0.05) is 12.1 Å². The molecule has 1 aromatic carbocycles. The summed E-state index contributed by atoms with van der Waals surface area (Å²) in [4.78, 5) is 32.4. The van der Waals surface area contributed by atoms with Gasteiger partial charge in [0.25, 0.3) is 5.69 Å². The fourth-order valence-corrected chi connectivity index (χ4v) is 1.88. The zero-order valence-electron chi connectivity index (χ0n) is 13.6. The number of ether oxygens (including phenoxy) is 1. The van der Waals surface area contributed by atoms with Crippen molar-refractivity contribution >= 4 is 34.5 Å². The number of carbonyl (C=O) groups is 2. The van der Waals surface area contributed by atoms with Gasteiger partial charge in [-0.3, -0.25) is 14.9 Å². The van der Waals surface area contributed by atoms with E-state index in [1.807, 2.05) is 0 Å². The SMILES string of the molecule is CC(=O)CCc1ccc([N+](=O)[O-])c(C(C)OC(C)=O)c1.[B]CP. The highest BCUT2D eigenvalue weighted by molar-refractivity contribution is 7.19. The van der Waals surface area contributed by atoms with E-state index in [1.54, 1.807) is 19.1 Å². The highest BCUT2D eigenvalue weighted by Crippen LogP contribution is 2.29. The Kier molecular flexibility index (Phi) is 10.1. The quantitative estimate of drug-likeness (QED) is 0.262. The van der Waals surface area contributed by atoms with Gasteiger partial charge in [-0.25, -0.2) is 0 Å². The third-order valence-corrected chi connectivity index (χ3v) is 2.84. The monoisotopic (exact) mass is 337 g/mol. The predicted octanol–water partition coefficient (Wildman–Crippen LogP) is 2.73. The first-order valence-corrected chi connectivity index (χ1v) is 7.88. The summed E-state index contributed by atoms with van der Waals surface area (Å²) in [5.74, 6) is -0.445. The van der Waals surface area contributed by atoms with Gasteiger partial charge >= 0.3 is 5.97 Å². The van der Waals surface area contributed by atoms with Gasteiger partial charge in [-0.2, -0.15) is 0 Å². The molecule has 0 saturated heterocycles. The number of hydrogen-bond donors (Lipinski definition) is 0. The van der Waals surface area contributed by atoms with E-state index in [9.17, 15) is 19.7 Å². The molecule has 6 nitrogen and oxygen atoms in total. The number of esters is 1. The number of aryl methyl sites for hydroxylation is 1. The Morgan fingerprint density at radius 3 is 2.39 bits per heavy atom. The van der Waals surface area contributed by atoms with Crippen molar-refractivity contribution in [2.75, 3.05) is 6.06 Å². The number of carbonyl (C=O) groups excluding carboxylic acids is 2. The minimum absolute atomic E-state index is 0.0536. The summed E-state index contributed by atoms with van der Waals surface area (Å²) in [7, 11) is 7.17. The Labute approximate surface area is 139 Å². The fourth-order valence-electron chi connectivity index (χ4n) is 1.88. The van der Waals surface area contributed by atoms with Gasteiger partial charge in [0.1, 0.15) is 11.9 Å². The highest BCUT2D eigenvalue weighted by Gasteiger charge is 2.21. The smallest absolute Gasteiger partial charge is 0.303 e. The van der Waals surface area contributed by atoms with Crippen LogP contribution in [0.5, 0.6) is 0 Å². The van der Waals surface area contributed by atoms with Crippen molar-refractivity contribution < 1.29 is 19.2 Å². The van der Waals surface area contributed by atoms with Crippen LogP contribution in [-0.4, -0.2) is 30.6 Å². The topological polar surface area (TPSA) is 86.5 Å². The second-order valence-corrected chi connectivity index (χ2v) is 5.31. The first-order valence-electron chi connectivity index (χ1n) is 7.06. The molecule has 0 spiro atoms. The zero-order chi connectivity index (χ0) is 18.0. The van der Waals surface area contributed by atoms with Crippen molar-refractivity contribution in [1.82, 2.24) is 0 Å². The molecule has 2 unspecified atom stereocenters. The Bertz CT molecular complexity index is 565. The number of benzene rings is 1. The van der Waals surface area contributed by atoms with E-state index in [1.165, 1.54) is 19.9 Å². The second-order valence-electron chi connectivity index (χ2n) is 4.84. The zero-order valence-corrected chi connectivity index (χ0v) is 14.7. The molecule has 0 saturated carbocycles. The van der Waals surface area contributed by atoms with E-state index >= 15 is 0 Å². The van der Waals surface area contributed by atoms with Gasteiger partial charge in [0.05, 0.1) is 18.3 Å². The summed E-state index contributed by atoms with van der Waals surface area (Å²) in [5.41, 5.74) is 1.05. The number of hydrogen-bond acceptors (Lipinski definition) is 5. The Hall–Kier alpha value is -1.75. The summed E-state index contributed by atoms with van der Waals surface area (Å²) < 4.78 is 5.00. The Balaban J connectivity index is 0.00000149. The van der Waals surface area contributed by atoms with Crippen LogP contribution in [0.4, 0.5) is 5.69 Å². The molecule has 0 N–H and O–H groups in total. The maximum absolute atomic E-state index is 11.0. The van der Waals surface area contributed by atoms with Crippen LogP contribution in [0.2, 0.25) is 0 Å². The lowest BCUT2D eigenvalue weighted by molar-refractivity contribution is -0.386. The van der Waals surface area contributed by atoms with E-state index < -0.39 is 17.0 Å². The van der Waals surface area contributed by atoms with Crippen LogP contribution >= 0.6 is 9.24 Å². The van der Waals surface area contributed by atoms with E-state index in [4.69, 9.17) is 12.6 Å². The number of rotatable bonds is 6. The average Bonchev–Trinajstić information content (AvgIpc) is 2.44. The molecule has 0 bridgehead atoms. The fraction of sp³-hybridized carbons (Fsp3) is 0.467. The summed E-state index contributed by atoms with van der Waals surface area (Å²) in [5, 5.41) is 11.0. The molecule has 0 aliphatic carbocycles. The minimum atomic E-state index is -0.704. The van der Waals surface area contributed by atoms with Crippen molar-refractivity contribution in [3.8, 4) is 0 Å². The first kappa shape index (κ1) is 21.3. The third kappa shape index (κ3) is 8.45. The van der Waals surface area contributed by atoms with Crippen LogP contribution in [0, 0.1) is 10.1 Å². The molecule has 2 radical (unpaired) electrons. The molecule has 0 aliphatic heterocycles. The van der Waals surface area contributed by atoms with E-state index in [2.05, 4.69) is 9.24 Å². The molecule has 124 valence electrons. The van der Waals surface area contributed by atoms with Crippen LogP contribution in [0.1, 0.15) is 44.4 Å². The van der Waals surface area contributed by atoms with E-state index in [-0.39, 0.29) is 11.5 Å². The van der Waals surface area contributed by atoms with Crippen LogP contribution in [-0.2, 0) is 20.7 Å². The number of nitro benzene ring substituents is 1. The van der Waals surface area contributed by atoms with Crippen molar-refractivity contribution in [2.24, 2.45) is 0 Å². The second kappa shape index (κ2) is 10.9. The number of Topliss-reactive ketones (excluding diaryl/α,β-unsaturated/α-hetero) is 1. The molecule has 2 atom stereocenters. The lowest BCUT2D eigenvalue weighted by Crippen LogP contribution is -2.08. The molecule has 1 aromatic rings. The van der Waals surface area contributed by atoms with Crippen molar-refractivity contribution in [3.63, 3.8) is 0 Å². The number of ketones is 1. The van der Waals surface area contributed by atoms with Crippen molar-refractivity contribution in [1.29, 1.82) is 0 Å². The predicted molar refractivity (Wildman–Crippen MR) is 92.6 cm³/mol. The molecular formula is C15H21BNO5P. The van der Waals surface area contributed by atoms with Gasteiger partial charge in [-0.15, -0.1) is 9.24 Å². The maximum Gasteiger partial charge on any atom is 0.303 e. The third-order valence-electron chi connectivity index (χ3n) is 2.84. The molecular weight excluding hydrogens is 316 g/mol. The van der Waals surface area contributed by atoms with Crippen LogP contribution in [0.15, 0.2) is 18.2 Å². The Morgan fingerprint density at radius 1 is 1.39 bits per heavy atom. The molecule has 0 aliphatic rings. The standard InChI is InChI=1S/C14H17NO5.CH4BP/c1-9(16)4-5-12-6-7-14(15(18)19)13(8-12)10(2)20-11(3)17;2-1-3/h6-8,10H,4-5H2,1-3H3;1,3H2. The lowest BCUT2D eigenvalue weighted by atomic mass is 10.0. The molecule has 8 heteroatoms. The molecule has 0 aromatic heterocycles. The van der Waals surface area contributed by atoms with Gasteiger partial charge in [-0.05, 0) is 31.9 Å². The highest BCUT2D eigenvalue weighted by atomic mass is 31.0. The van der Waals surface area contributed by atoms with Gasteiger partial charge < -0.3 is 9.53 Å². The van der Waals surface area contributed by atoms with E-state index in [0.717, 1.165) is 5.56 Å². The summed E-state index contributed by atoms with van der Waals surface area (Å²) in [6, 6.07) is 5.28. The molecule has 0 fully saturated rings. The van der Waals surface area contributed by atoms with Crippen LogP contribution in [0.25, 0.3) is 0 Å². The van der Waals surface area contributed by atoms with Crippen LogP contribution in [0.3, 0.4) is 0 Å². The first-order chi connectivity index (χ1) is 10.7. The summed E-state index contributed by atoms with van der Waals surface area (Å²) >= 11 is 0. The molecule has 23 heavy (non-hydrogen) atoms. The molecule has 1 rings (SSSR count). The van der Waals surface area contributed by atoms with Crippen molar-refractivity contribution in [2.45, 2.75) is 39.7 Å². The molecule has 0 heterocycles.